The number of ether oxygens (including phenoxy) is 3. The third-order valence-electron chi connectivity index (χ3n) is 5.15. The van der Waals surface area contributed by atoms with Gasteiger partial charge in [0, 0.05) is 6.61 Å². The first-order valence-corrected chi connectivity index (χ1v) is 8.79. The molecule has 2 aliphatic heterocycles. The van der Waals surface area contributed by atoms with Gasteiger partial charge in [-0.2, -0.15) is 0 Å². The summed E-state index contributed by atoms with van der Waals surface area (Å²) in [6.07, 6.45) is -7.83. The van der Waals surface area contributed by atoms with E-state index in [9.17, 15) is 25.5 Å². The molecule has 2 saturated heterocycles. The van der Waals surface area contributed by atoms with Crippen molar-refractivity contribution in [1.29, 1.82) is 0 Å². The Morgan fingerprint density at radius 3 is 2.08 bits per heavy atom. The van der Waals surface area contributed by atoms with Gasteiger partial charge in [-0.05, 0) is 19.8 Å². The summed E-state index contributed by atoms with van der Waals surface area (Å²) in [5.74, 6) is 0. The second-order valence-electron chi connectivity index (χ2n) is 7.10. The van der Waals surface area contributed by atoms with Gasteiger partial charge in [0.25, 0.3) is 0 Å². The quantitative estimate of drug-likeness (QED) is 0.209. The Hall–Kier alpha value is -0.400. The molecule has 0 amide bonds. The van der Waals surface area contributed by atoms with Crippen LogP contribution < -0.4 is 0 Å². The number of aliphatic hydroxyl groups excluding tert-OH is 6. The molecule has 0 bridgehead atoms. The van der Waals surface area contributed by atoms with Gasteiger partial charge in [0.2, 0.25) is 0 Å². The van der Waals surface area contributed by atoms with Crippen LogP contribution in [0.1, 0.15) is 19.8 Å². The molecule has 0 radical (unpaired) electrons. The van der Waals surface area contributed by atoms with E-state index in [0.717, 1.165) is 0 Å². The molecular weight excluding hydrogens is 352 g/mol. The molecule has 9 atom stereocenters. The SMILES string of the molecule is CC1(O)C(O)[C@@H](CO)O[C@@H]1CCCOC[C@H]1OC(CO)[C@@H](O)C(O)C1O. The van der Waals surface area contributed by atoms with Crippen LogP contribution >= 0.6 is 0 Å². The van der Waals surface area contributed by atoms with E-state index in [-0.39, 0.29) is 19.8 Å². The zero-order valence-electron chi connectivity index (χ0n) is 14.7. The lowest BCUT2D eigenvalue weighted by Crippen LogP contribution is -2.59. The van der Waals surface area contributed by atoms with Gasteiger partial charge in [0.05, 0.1) is 25.9 Å². The highest BCUT2D eigenvalue weighted by Gasteiger charge is 2.51. The lowest BCUT2D eigenvalue weighted by atomic mass is 9.90. The molecule has 154 valence electrons. The zero-order valence-corrected chi connectivity index (χ0v) is 14.7. The number of hydrogen-bond acceptors (Lipinski definition) is 10. The third-order valence-corrected chi connectivity index (χ3v) is 5.15. The number of hydrogen-bond donors (Lipinski definition) is 7. The molecule has 7 N–H and O–H groups in total. The molecule has 5 unspecified atom stereocenters. The van der Waals surface area contributed by atoms with E-state index in [1.807, 2.05) is 0 Å². The summed E-state index contributed by atoms with van der Waals surface area (Å²) in [6, 6.07) is 0. The Bertz CT molecular complexity index is 431. The van der Waals surface area contributed by atoms with E-state index in [0.29, 0.717) is 12.8 Å². The molecule has 0 aromatic rings. The zero-order chi connectivity index (χ0) is 19.5. The molecule has 0 saturated carbocycles. The van der Waals surface area contributed by atoms with Crippen molar-refractivity contribution >= 4 is 0 Å². The minimum absolute atomic E-state index is 0.0503. The molecule has 0 spiro atoms. The molecule has 2 fully saturated rings. The van der Waals surface area contributed by atoms with Crippen molar-refractivity contribution in [2.75, 3.05) is 26.4 Å². The van der Waals surface area contributed by atoms with Crippen LogP contribution in [0.2, 0.25) is 0 Å². The number of rotatable bonds is 8. The molecule has 0 aromatic heterocycles. The van der Waals surface area contributed by atoms with Gasteiger partial charge < -0.3 is 50.0 Å². The normalized spacial score (nSPS) is 46.6. The summed E-state index contributed by atoms with van der Waals surface area (Å²) in [7, 11) is 0. The maximum atomic E-state index is 10.3. The first kappa shape index (κ1) is 21.9. The Morgan fingerprint density at radius 2 is 1.50 bits per heavy atom. The molecule has 0 aromatic carbocycles. The van der Waals surface area contributed by atoms with Crippen LogP contribution in [0.15, 0.2) is 0 Å². The van der Waals surface area contributed by atoms with Crippen LogP contribution in [0.25, 0.3) is 0 Å². The Morgan fingerprint density at radius 1 is 0.885 bits per heavy atom. The van der Waals surface area contributed by atoms with Gasteiger partial charge in [-0.25, -0.2) is 0 Å². The monoisotopic (exact) mass is 382 g/mol. The van der Waals surface area contributed by atoms with Crippen LogP contribution in [-0.2, 0) is 14.2 Å². The molecule has 10 nitrogen and oxygen atoms in total. The first-order valence-electron chi connectivity index (χ1n) is 8.79. The standard InChI is InChI=1S/C16H30O10/c1-16(23)11(26-9(6-18)15(16)22)3-2-4-24-7-10-13(20)14(21)12(19)8(5-17)25-10/h8-15,17-23H,2-7H2,1H3/t8?,9-,10-,11-,12-,13?,14?,15?,16?/m1/s1. The maximum Gasteiger partial charge on any atom is 0.116 e. The van der Waals surface area contributed by atoms with Crippen molar-refractivity contribution in [3.8, 4) is 0 Å². The van der Waals surface area contributed by atoms with Gasteiger partial charge in [0.15, 0.2) is 0 Å². The fraction of sp³-hybridized carbons (Fsp3) is 1.00. The van der Waals surface area contributed by atoms with Crippen LogP contribution in [0.3, 0.4) is 0 Å². The van der Waals surface area contributed by atoms with Gasteiger partial charge in [-0.1, -0.05) is 0 Å². The van der Waals surface area contributed by atoms with E-state index < -0.39 is 61.0 Å². The predicted molar refractivity (Wildman–Crippen MR) is 86.2 cm³/mol. The highest BCUT2D eigenvalue weighted by Crippen LogP contribution is 2.33. The van der Waals surface area contributed by atoms with Crippen LogP contribution in [0.4, 0.5) is 0 Å². The van der Waals surface area contributed by atoms with Crippen molar-refractivity contribution in [3.63, 3.8) is 0 Å². The van der Waals surface area contributed by atoms with E-state index in [1.54, 1.807) is 0 Å². The average molecular weight is 382 g/mol. The molecule has 26 heavy (non-hydrogen) atoms. The van der Waals surface area contributed by atoms with Gasteiger partial charge in [0.1, 0.15) is 48.3 Å². The second-order valence-corrected chi connectivity index (χ2v) is 7.10. The summed E-state index contributed by atoms with van der Waals surface area (Å²) in [5, 5.41) is 67.8. The van der Waals surface area contributed by atoms with Crippen molar-refractivity contribution in [2.24, 2.45) is 0 Å². The Balaban J connectivity index is 1.72. The summed E-state index contributed by atoms with van der Waals surface area (Å²) in [5.41, 5.74) is -1.47. The van der Waals surface area contributed by atoms with Crippen molar-refractivity contribution < 1.29 is 50.0 Å². The smallest absolute Gasteiger partial charge is 0.116 e. The van der Waals surface area contributed by atoms with E-state index in [2.05, 4.69) is 0 Å². The largest absolute Gasteiger partial charge is 0.394 e. The molecule has 2 rings (SSSR count). The van der Waals surface area contributed by atoms with Crippen LogP contribution in [0, 0.1) is 0 Å². The predicted octanol–water partition coefficient (Wildman–Crippen LogP) is -3.50. The average Bonchev–Trinajstić information content (AvgIpc) is 2.84. The Labute approximate surface area is 151 Å². The fourth-order valence-electron chi connectivity index (χ4n) is 3.38. The highest BCUT2D eigenvalue weighted by atomic mass is 16.6. The van der Waals surface area contributed by atoms with E-state index >= 15 is 0 Å². The minimum Gasteiger partial charge on any atom is -0.394 e. The molecule has 2 heterocycles. The van der Waals surface area contributed by atoms with E-state index in [1.165, 1.54) is 6.92 Å². The van der Waals surface area contributed by atoms with Gasteiger partial charge >= 0.3 is 0 Å². The number of aliphatic hydroxyl groups is 7. The van der Waals surface area contributed by atoms with Crippen LogP contribution in [0.5, 0.6) is 0 Å². The second kappa shape index (κ2) is 9.20. The summed E-state index contributed by atoms with van der Waals surface area (Å²) < 4.78 is 16.2. The molecule has 10 heteroatoms. The molecule has 0 aliphatic carbocycles. The lowest BCUT2D eigenvalue weighted by molar-refractivity contribution is -0.239. The summed E-state index contributed by atoms with van der Waals surface area (Å²) >= 11 is 0. The van der Waals surface area contributed by atoms with Gasteiger partial charge in [-0.3, -0.25) is 0 Å². The van der Waals surface area contributed by atoms with Gasteiger partial charge in [-0.15, -0.1) is 0 Å². The maximum absolute atomic E-state index is 10.3. The fourth-order valence-corrected chi connectivity index (χ4v) is 3.38. The minimum atomic E-state index is -1.47. The first-order chi connectivity index (χ1) is 12.2. The lowest BCUT2D eigenvalue weighted by Gasteiger charge is -2.39. The topological polar surface area (TPSA) is 169 Å². The van der Waals surface area contributed by atoms with E-state index in [4.69, 9.17) is 24.4 Å². The Kier molecular flexibility index (Phi) is 7.74. The van der Waals surface area contributed by atoms with Crippen LogP contribution in [-0.4, -0.2) is 117 Å². The van der Waals surface area contributed by atoms with Crippen molar-refractivity contribution in [2.45, 2.75) is 74.2 Å². The summed E-state index contributed by atoms with van der Waals surface area (Å²) in [4.78, 5) is 0. The molecule has 2 aliphatic rings. The third kappa shape index (κ3) is 4.53. The highest BCUT2D eigenvalue weighted by molar-refractivity contribution is 5.00. The molecular formula is C16H30O10. The summed E-state index contributed by atoms with van der Waals surface area (Å²) in [6.45, 7) is 0.758. The van der Waals surface area contributed by atoms with Crippen molar-refractivity contribution in [1.82, 2.24) is 0 Å². The van der Waals surface area contributed by atoms with Crippen molar-refractivity contribution in [3.05, 3.63) is 0 Å².